The summed E-state index contributed by atoms with van der Waals surface area (Å²) >= 11 is 0. The van der Waals surface area contributed by atoms with Crippen LogP contribution in [-0.2, 0) is 4.74 Å². The van der Waals surface area contributed by atoms with Crippen molar-refractivity contribution in [2.24, 2.45) is 0 Å². The van der Waals surface area contributed by atoms with E-state index in [4.69, 9.17) is 4.74 Å². The largest absolute Gasteiger partial charge is 0.505 e. The van der Waals surface area contributed by atoms with Crippen molar-refractivity contribution in [2.45, 2.75) is 6.92 Å². The van der Waals surface area contributed by atoms with Crippen LogP contribution in [0.2, 0.25) is 0 Å². The highest BCUT2D eigenvalue weighted by Gasteiger charge is 2.15. The van der Waals surface area contributed by atoms with Gasteiger partial charge in [0.2, 0.25) is 0 Å². The number of benzene rings is 2. The fourth-order valence-electron chi connectivity index (χ4n) is 2.79. The third-order valence-electron chi connectivity index (χ3n) is 4.33. The van der Waals surface area contributed by atoms with Crippen molar-refractivity contribution < 1.29 is 14.6 Å². The van der Waals surface area contributed by atoms with Gasteiger partial charge in [-0.15, -0.1) is 0 Å². The number of hydrogen-bond acceptors (Lipinski definition) is 5. The van der Waals surface area contributed by atoms with Gasteiger partial charge in [0.15, 0.2) is 5.75 Å². The number of aromatic hydroxyl groups is 1. The van der Waals surface area contributed by atoms with Crippen molar-refractivity contribution in [3.63, 3.8) is 0 Å². The SMILES string of the molecule is CCOCCN(C)c1ccc(NC(=O)c2ccc3cccnc3c2O)cc1. The number of carbonyl (C=O) groups is 1. The average Bonchev–Trinajstić information content (AvgIpc) is 2.69. The molecule has 0 aliphatic heterocycles. The molecule has 0 aliphatic rings. The number of ether oxygens (including phenoxy) is 1. The summed E-state index contributed by atoms with van der Waals surface area (Å²) in [6.45, 7) is 4.13. The van der Waals surface area contributed by atoms with Gasteiger partial charge in [-0.1, -0.05) is 12.1 Å². The van der Waals surface area contributed by atoms with Crippen LogP contribution < -0.4 is 10.2 Å². The Kier molecular flexibility index (Phi) is 5.88. The highest BCUT2D eigenvalue weighted by Crippen LogP contribution is 2.27. The maximum Gasteiger partial charge on any atom is 0.259 e. The van der Waals surface area contributed by atoms with Crippen molar-refractivity contribution >= 4 is 28.2 Å². The summed E-state index contributed by atoms with van der Waals surface area (Å²) < 4.78 is 5.37. The molecule has 0 saturated heterocycles. The van der Waals surface area contributed by atoms with E-state index in [2.05, 4.69) is 15.2 Å². The summed E-state index contributed by atoms with van der Waals surface area (Å²) in [6.07, 6.45) is 1.59. The monoisotopic (exact) mass is 365 g/mol. The summed E-state index contributed by atoms with van der Waals surface area (Å²) in [5, 5.41) is 14.0. The van der Waals surface area contributed by atoms with Crippen LogP contribution in [0.3, 0.4) is 0 Å². The molecule has 3 aromatic rings. The van der Waals surface area contributed by atoms with Gasteiger partial charge in [0.25, 0.3) is 5.91 Å². The summed E-state index contributed by atoms with van der Waals surface area (Å²) in [5.74, 6) is -0.490. The summed E-state index contributed by atoms with van der Waals surface area (Å²) in [6, 6.07) is 14.5. The molecule has 0 saturated carbocycles. The van der Waals surface area contributed by atoms with Gasteiger partial charge in [-0.05, 0) is 43.3 Å². The van der Waals surface area contributed by atoms with Crippen LogP contribution in [0.25, 0.3) is 10.9 Å². The molecule has 140 valence electrons. The van der Waals surface area contributed by atoms with Gasteiger partial charge in [-0.3, -0.25) is 9.78 Å². The minimum absolute atomic E-state index is 0.113. The van der Waals surface area contributed by atoms with Crippen LogP contribution in [0.5, 0.6) is 5.75 Å². The zero-order valence-electron chi connectivity index (χ0n) is 15.5. The predicted octanol–water partition coefficient (Wildman–Crippen LogP) is 3.67. The first-order chi connectivity index (χ1) is 13.1. The lowest BCUT2D eigenvalue weighted by Crippen LogP contribution is -2.22. The number of amides is 1. The molecule has 0 radical (unpaired) electrons. The number of aromatic nitrogens is 1. The Morgan fingerprint density at radius 2 is 1.96 bits per heavy atom. The molecule has 0 unspecified atom stereocenters. The van der Waals surface area contributed by atoms with E-state index >= 15 is 0 Å². The fraction of sp³-hybridized carbons (Fsp3) is 0.238. The number of nitrogens with zero attached hydrogens (tertiary/aromatic N) is 2. The molecule has 2 N–H and O–H groups in total. The topological polar surface area (TPSA) is 74.7 Å². The molecule has 0 fully saturated rings. The van der Waals surface area contributed by atoms with Gasteiger partial charge < -0.3 is 20.1 Å². The average molecular weight is 365 g/mol. The van der Waals surface area contributed by atoms with Crippen molar-refractivity contribution in [3.05, 3.63) is 60.3 Å². The third kappa shape index (κ3) is 4.35. The van der Waals surface area contributed by atoms with Crippen molar-refractivity contribution in [2.75, 3.05) is 37.0 Å². The molecule has 0 aliphatic carbocycles. The maximum absolute atomic E-state index is 12.5. The van der Waals surface area contributed by atoms with E-state index in [1.54, 1.807) is 24.4 Å². The molecule has 27 heavy (non-hydrogen) atoms. The minimum atomic E-state index is -0.377. The van der Waals surface area contributed by atoms with Crippen LogP contribution in [-0.4, -0.2) is 42.8 Å². The van der Waals surface area contributed by atoms with E-state index in [1.807, 2.05) is 44.3 Å². The minimum Gasteiger partial charge on any atom is -0.505 e. The molecular formula is C21H23N3O3. The first-order valence-electron chi connectivity index (χ1n) is 8.87. The van der Waals surface area contributed by atoms with E-state index in [0.717, 1.165) is 17.6 Å². The molecule has 6 nitrogen and oxygen atoms in total. The maximum atomic E-state index is 12.5. The zero-order chi connectivity index (χ0) is 19.2. The number of rotatable bonds is 7. The van der Waals surface area contributed by atoms with Crippen molar-refractivity contribution in [1.82, 2.24) is 4.98 Å². The molecule has 1 amide bonds. The van der Waals surface area contributed by atoms with Crippen molar-refractivity contribution in [1.29, 1.82) is 0 Å². The number of likely N-dealkylation sites (N-methyl/N-ethyl adjacent to an activating group) is 1. The van der Waals surface area contributed by atoms with Gasteiger partial charge in [0.1, 0.15) is 5.52 Å². The molecule has 0 spiro atoms. The van der Waals surface area contributed by atoms with E-state index in [-0.39, 0.29) is 17.2 Å². The van der Waals surface area contributed by atoms with Crippen LogP contribution in [0.4, 0.5) is 11.4 Å². The second-order valence-electron chi connectivity index (χ2n) is 6.16. The lowest BCUT2D eigenvalue weighted by atomic mass is 10.1. The van der Waals surface area contributed by atoms with E-state index in [1.165, 1.54) is 0 Å². The zero-order valence-corrected chi connectivity index (χ0v) is 15.5. The van der Waals surface area contributed by atoms with E-state index in [9.17, 15) is 9.90 Å². The lowest BCUT2D eigenvalue weighted by molar-refractivity contribution is 0.102. The number of phenols is 1. The van der Waals surface area contributed by atoms with Crippen LogP contribution in [0.15, 0.2) is 54.7 Å². The number of pyridine rings is 1. The Morgan fingerprint density at radius 3 is 2.70 bits per heavy atom. The Bertz CT molecular complexity index is 926. The van der Waals surface area contributed by atoms with Gasteiger partial charge >= 0.3 is 0 Å². The summed E-state index contributed by atoms with van der Waals surface area (Å²) in [4.78, 5) is 18.8. The molecule has 0 atom stereocenters. The molecule has 2 aromatic carbocycles. The first kappa shape index (κ1) is 18.7. The quantitative estimate of drug-likeness (QED) is 0.625. The molecule has 6 heteroatoms. The molecular weight excluding hydrogens is 342 g/mol. The number of anilines is 2. The molecule has 3 rings (SSSR count). The van der Waals surface area contributed by atoms with Crippen LogP contribution in [0, 0.1) is 0 Å². The van der Waals surface area contributed by atoms with Gasteiger partial charge in [-0.25, -0.2) is 0 Å². The Labute approximate surface area is 158 Å². The van der Waals surface area contributed by atoms with Crippen molar-refractivity contribution in [3.8, 4) is 5.75 Å². The fourth-order valence-corrected chi connectivity index (χ4v) is 2.79. The summed E-state index contributed by atoms with van der Waals surface area (Å²) in [7, 11) is 1.99. The third-order valence-corrected chi connectivity index (χ3v) is 4.33. The Balaban J connectivity index is 1.70. The molecule has 0 bridgehead atoms. The van der Waals surface area contributed by atoms with E-state index in [0.29, 0.717) is 24.4 Å². The summed E-state index contributed by atoms with van der Waals surface area (Å²) in [5.41, 5.74) is 2.29. The number of nitrogens with one attached hydrogen (secondary N) is 1. The van der Waals surface area contributed by atoms with Crippen LogP contribution >= 0.6 is 0 Å². The molecule has 1 aromatic heterocycles. The normalized spacial score (nSPS) is 10.7. The number of hydrogen-bond donors (Lipinski definition) is 2. The Morgan fingerprint density at radius 1 is 1.19 bits per heavy atom. The smallest absolute Gasteiger partial charge is 0.259 e. The second-order valence-corrected chi connectivity index (χ2v) is 6.16. The number of fused-ring (bicyclic) bond motifs is 1. The van der Waals surface area contributed by atoms with Gasteiger partial charge in [0, 0.05) is 43.2 Å². The van der Waals surface area contributed by atoms with Gasteiger partial charge in [-0.2, -0.15) is 0 Å². The number of carbonyl (C=O) groups excluding carboxylic acids is 1. The highest BCUT2D eigenvalue weighted by molar-refractivity contribution is 6.09. The number of phenolic OH excluding ortho intramolecular Hbond substituents is 1. The molecule has 1 heterocycles. The standard InChI is InChI=1S/C21H23N3O3/c1-3-27-14-13-24(2)17-9-7-16(8-10-17)23-21(26)18-11-6-15-5-4-12-22-19(15)20(18)25/h4-12,25H,3,13-14H2,1-2H3,(H,23,26). The lowest BCUT2D eigenvalue weighted by Gasteiger charge is -2.19. The second kappa shape index (κ2) is 8.51. The van der Waals surface area contributed by atoms with Gasteiger partial charge in [0.05, 0.1) is 12.2 Å². The van der Waals surface area contributed by atoms with Crippen LogP contribution in [0.1, 0.15) is 17.3 Å². The first-order valence-corrected chi connectivity index (χ1v) is 8.87. The predicted molar refractivity (Wildman–Crippen MR) is 108 cm³/mol. The Hall–Kier alpha value is -3.12. The van der Waals surface area contributed by atoms with E-state index < -0.39 is 0 Å². The highest BCUT2D eigenvalue weighted by atomic mass is 16.5.